The molecule has 1 atom stereocenters. The second kappa shape index (κ2) is 10.5. The van der Waals surface area contributed by atoms with Crippen LogP contribution in [0.3, 0.4) is 0 Å². The zero-order valence-electron chi connectivity index (χ0n) is 19.6. The number of nitrogens with zero attached hydrogens (tertiary/aromatic N) is 2. The second-order valence-corrected chi connectivity index (χ2v) is 8.60. The van der Waals surface area contributed by atoms with Crippen molar-refractivity contribution in [3.05, 3.63) is 71.1 Å². The minimum Gasteiger partial charge on any atom is -0.493 e. The molecule has 1 aliphatic rings. The third-order valence-corrected chi connectivity index (χ3v) is 6.18. The van der Waals surface area contributed by atoms with E-state index >= 15 is 0 Å². The monoisotopic (exact) mass is 462 g/mol. The first-order chi connectivity index (χ1) is 16.5. The van der Waals surface area contributed by atoms with Gasteiger partial charge in [-0.3, -0.25) is 4.79 Å². The van der Waals surface area contributed by atoms with E-state index in [1.165, 1.54) is 4.90 Å². The number of benzene rings is 2. The summed E-state index contributed by atoms with van der Waals surface area (Å²) in [6.45, 7) is 4.63. The van der Waals surface area contributed by atoms with Crippen molar-refractivity contribution in [1.82, 2.24) is 9.88 Å². The Kier molecular flexibility index (Phi) is 7.30. The molecule has 4 rings (SSSR count). The first kappa shape index (κ1) is 23.5. The van der Waals surface area contributed by atoms with Gasteiger partial charge in [0.15, 0.2) is 0 Å². The van der Waals surface area contributed by atoms with Crippen molar-refractivity contribution in [2.75, 3.05) is 6.61 Å². The van der Waals surface area contributed by atoms with E-state index in [1.54, 1.807) is 0 Å². The van der Waals surface area contributed by atoms with Gasteiger partial charge >= 0.3 is 5.97 Å². The van der Waals surface area contributed by atoms with Crippen molar-refractivity contribution >= 4 is 11.9 Å². The smallest absolute Gasteiger partial charge is 0.326 e. The molecular formula is C27H30N2O5. The maximum atomic E-state index is 12.6. The van der Waals surface area contributed by atoms with Crippen LogP contribution in [0.25, 0.3) is 11.5 Å². The van der Waals surface area contributed by atoms with Crippen molar-refractivity contribution in [2.45, 2.75) is 58.5 Å². The van der Waals surface area contributed by atoms with E-state index in [1.807, 2.05) is 62.4 Å². The summed E-state index contributed by atoms with van der Waals surface area (Å²) in [7, 11) is 0. The van der Waals surface area contributed by atoms with E-state index in [-0.39, 0.29) is 12.5 Å². The number of hydrogen-bond donors (Lipinski definition) is 1. The first-order valence-corrected chi connectivity index (χ1v) is 11.7. The quantitative estimate of drug-likeness (QED) is 0.491. The van der Waals surface area contributed by atoms with Crippen LogP contribution in [-0.2, 0) is 29.0 Å². The number of aryl methyl sites for hydroxylation is 1. The third kappa shape index (κ3) is 5.30. The molecular weight excluding hydrogens is 432 g/mol. The molecule has 2 heterocycles. The van der Waals surface area contributed by atoms with E-state index < -0.39 is 12.0 Å². The number of carbonyl (C=O) groups is 2. The van der Waals surface area contributed by atoms with Crippen molar-refractivity contribution in [3.8, 4) is 17.2 Å². The highest BCUT2D eigenvalue weighted by Crippen LogP contribution is 2.28. The molecule has 0 aliphatic carbocycles. The minimum absolute atomic E-state index is 0.109. The number of carbonyl (C=O) groups excluding carboxylic acids is 1. The molecule has 0 saturated heterocycles. The number of unbranched alkanes of at least 4 members (excludes halogenated alkanes) is 1. The lowest BCUT2D eigenvalue weighted by molar-refractivity contribution is -0.151. The molecule has 0 spiro atoms. The fraction of sp³-hybridized carbons (Fsp3) is 0.370. The van der Waals surface area contributed by atoms with Gasteiger partial charge in [0.2, 0.25) is 11.8 Å². The van der Waals surface area contributed by atoms with E-state index in [0.717, 1.165) is 41.0 Å². The molecule has 34 heavy (non-hydrogen) atoms. The number of fused-ring (bicyclic) bond motifs is 1. The average Bonchev–Trinajstić information content (AvgIpc) is 3.22. The predicted molar refractivity (Wildman–Crippen MR) is 128 cm³/mol. The van der Waals surface area contributed by atoms with Crippen molar-refractivity contribution < 1.29 is 23.8 Å². The molecule has 178 valence electrons. The number of hydrogen-bond acceptors (Lipinski definition) is 5. The zero-order chi connectivity index (χ0) is 24.1. The Balaban J connectivity index is 1.41. The number of amides is 1. The lowest BCUT2D eigenvalue weighted by Gasteiger charge is -2.34. The van der Waals surface area contributed by atoms with Gasteiger partial charge in [-0.1, -0.05) is 37.6 Å². The lowest BCUT2D eigenvalue weighted by atomic mass is 9.93. The standard InChI is InChI=1S/C27H30N2O5/c1-3-4-10-25(30)29-17-21-15-22(12-11-20(21)16-24(29)27(31)32)33-14-13-23-18(2)34-26(28-23)19-8-6-5-7-9-19/h5-9,11-12,15,24H,3-4,10,13-14,16-17H2,1-2H3,(H,31,32)/t24-/m0/s1. The minimum atomic E-state index is -0.964. The molecule has 1 aromatic heterocycles. The van der Waals surface area contributed by atoms with Crippen LogP contribution < -0.4 is 4.74 Å². The van der Waals surface area contributed by atoms with Gasteiger partial charge in [-0.15, -0.1) is 0 Å². The van der Waals surface area contributed by atoms with Gasteiger partial charge in [-0.25, -0.2) is 9.78 Å². The number of rotatable bonds is 9. The van der Waals surface area contributed by atoms with Gasteiger partial charge in [-0.05, 0) is 48.7 Å². The molecule has 0 radical (unpaired) electrons. The summed E-state index contributed by atoms with van der Waals surface area (Å²) in [5, 5.41) is 9.65. The third-order valence-electron chi connectivity index (χ3n) is 6.18. The molecule has 1 aliphatic heterocycles. The normalized spacial score (nSPS) is 15.1. The molecule has 2 aromatic carbocycles. The summed E-state index contributed by atoms with van der Waals surface area (Å²) in [5.41, 5.74) is 3.67. The summed E-state index contributed by atoms with van der Waals surface area (Å²) >= 11 is 0. The number of carboxylic acid groups (broad SMARTS) is 1. The Labute approximate surface area is 199 Å². The summed E-state index contributed by atoms with van der Waals surface area (Å²) in [6, 6.07) is 14.6. The van der Waals surface area contributed by atoms with Crippen LogP contribution in [0.2, 0.25) is 0 Å². The molecule has 0 unspecified atom stereocenters. The lowest BCUT2D eigenvalue weighted by Crippen LogP contribution is -2.48. The van der Waals surface area contributed by atoms with Gasteiger partial charge in [0.1, 0.15) is 17.6 Å². The first-order valence-electron chi connectivity index (χ1n) is 11.7. The number of aliphatic carboxylic acids is 1. The average molecular weight is 463 g/mol. The van der Waals surface area contributed by atoms with Crippen LogP contribution in [0.15, 0.2) is 52.9 Å². The molecule has 7 heteroatoms. The van der Waals surface area contributed by atoms with Gasteiger partial charge < -0.3 is 19.2 Å². The topological polar surface area (TPSA) is 92.9 Å². The van der Waals surface area contributed by atoms with Gasteiger partial charge in [0.25, 0.3) is 0 Å². The van der Waals surface area contributed by atoms with Gasteiger partial charge in [0, 0.05) is 31.4 Å². The Morgan fingerprint density at radius 3 is 2.71 bits per heavy atom. The van der Waals surface area contributed by atoms with Crippen molar-refractivity contribution in [3.63, 3.8) is 0 Å². The summed E-state index contributed by atoms with van der Waals surface area (Å²) in [6.07, 6.45) is 2.92. The SMILES string of the molecule is CCCCC(=O)N1Cc2cc(OCCc3nc(-c4ccccc4)oc3C)ccc2C[C@H]1C(=O)O. The highest BCUT2D eigenvalue weighted by Gasteiger charge is 2.34. The maximum Gasteiger partial charge on any atom is 0.326 e. The van der Waals surface area contributed by atoms with E-state index in [0.29, 0.717) is 37.5 Å². The zero-order valence-corrected chi connectivity index (χ0v) is 19.6. The molecule has 3 aromatic rings. The summed E-state index contributed by atoms with van der Waals surface area (Å²) in [5.74, 6) is 0.991. The summed E-state index contributed by atoms with van der Waals surface area (Å²) < 4.78 is 11.8. The summed E-state index contributed by atoms with van der Waals surface area (Å²) in [4.78, 5) is 30.5. The Morgan fingerprint density at radius 2 is 1.97 bits per heavy atom. The van der Waals surface area contributed by atoms with Crippen LogP contribution in [0, 0.1) is 6.92 Å². The molecule has 0 bridgehead atoms. The molecule has 1 N–H and O–H groups in total. The number of carboxylic acids is 1. The van der Waals surface area contributed by atoms with Crippen molar-refractivity contribution in [2.24, 2.45) is 0 Å². The number of ether oxygens (including phenoxy) is 1. The van der Waals surface area contributed by atoms with Crippen molar-refractivity contribution in [1.29, 1.82) is 0 Å². The van der Waals surface area contributed by atoms with Crippen LogP contribution in [0.4, 0.5) is 0 Å². The van der Waals surface area contributed by atoms with Crippen LogP contribution >= 0.6 is 0 Å². The van der Waals surface area contributed by atoms with Crippen LogP contribution in [0.5, 0.6) is 5.75 Å². The fourth-order valence-corrected chi connectivity index (χ4v) is 4.23. The Bertz CT molecular complexity index is 1160. The van der Waals surface area contributed by atoms with Crippen LogP contribution in [0.1, 0.15) is 48.8 Å². The number of aromatic nitrogens is 1. The predicted octanol–water partition coefficient (Wildman–Crippen LogP) is 4.80. The van der Waals surface area contributed by atoms with Gasteiger partial charge in [-0.2, -0.15) is 0 Å². The molecule has 1 amide bonds. The number of oxazole rings is 1. The van der Waals surface area contributed by atoms with Gasteiger partial charge in [0.05, 0.1) is 12.3 Å². The maximum absolute atomic E-state index is 12.6. The largest absolute Gasteiger partial charge is 0.493 e. The highest BCUT2D eigenvalue weighted by molar-refractivity contribution is 5.84. The molecule has 0 fully saturated rings. The second-order valence-electron chi connectivity index (χ2n) is 8.60. The van der Waals surface area contributed by atoms with E-state index in [9.17, 15) is 14.7 Å². The Hall–Kier alpha value is -3.61. The highest BCUT2D eigenvalue weighted by atomic mass is 16.5. The Morgan fingerprint density at radius 1 is 1.18 bits per heavy atom. The fourth-order valence-electron chi connectivity index (χ4n) is 4.23. The molecule has 0 saturated carbocycles. The van der Waals surface area contributed by atoms with E-state index in [4.69, 9.17) is 9.15 Å². The van der Waals surface area contributed by atoms with Crippen LogP contribution in [-0.4, -0.2) is 39.5 Å². The van der Waals surface area contributed by atoms with E-state index in [2.05, 4.69) is 4.98 Å². The molecule has 7 nitrogen and oxygen atoms in total.